The summed E-state index contributed by atoms with van der Waals surface area (Å²) in [6.07, 6.45) is -5.29. The quantitative estimate of drug-likeness (QED) is 0.220. The molecule has 0 aliphatic heterocycles. The van der Waals surface area contributed by atoms with E-state index in [9.17, 15) is 27.9 Å². The van der Waals surface area contributed by atoms with Gasteiger partial charge < -0.3 is 24.6 Å². The van der Waals surface area contributed by atoms with Crippen LogP contribution in [0.3, 0.4) is 0 Å². The van der Waals surface area contributed by atoms with Crippen molar-refractivity contribution in [3.8, 4) is 34.5 Å². The number of carbonyl (C=O) groups excluding carboxylic acids is 1. The Morgan fingerprint density at radius 3 is 2.27 bits per heavy atom. The molecule has 234 valence electrons. The van der Waals surface area contributed by atoms with E-state index in [2.05, 4.69) is 15.0 Å². The Balaban J connectivity index is 1.89. The Hall–Kier alpha value is -4.63. The number of anilines is 1. The number of aromatic nitrogens is 3. The third-order valence-corrected chi connectivity index (χ3v) is 6.01. The lowest BCUT2D eigenvalue weighted by molar-refractivity contribution is -0.274. The van der Waals surface area contributed by atoms with Gasteiger partial charge in [0.05, 0.1) is 18.3 Å². The third kappa shape index (κ3) is 7.29. The zero-order valence-electron chi connectivity index (χ0n) is 23.2. The molecule has 0 saturated carbocycles. The number of amides is 1. The number of aliphatic hydroxyl groups is 1. The number of halogens is 6. The zero-order chi connectivity index (χ0) is 32.3. The van der Waals surface area contributed by atoms with Crippen LogP contribution >= 0.6 is 11.6 Å². The number of rotatable bonds is 10. The van der Waals surface area contributed by atoms with Crippen LogP contribution in [0.5, 0.6) is 17.4 Å². The van der Waals surface area contributed by atoms with E-state index in [0.717, 1.165) is 45.8 Å². The Labute approximate surface area is 251 Å². The van der Waals surface area contributed by atoms with E-state index in [-0.39, 0.29) is 47.4 Å². The first-order chi connectivity index (χ1) is 20.7. The van der Waals surface area contributed by atoms with E-state index in [0.29, 0.717) is 0 Å². The van der Waals surface area contributed by atoms with Crippen molar-refractivity contribution in [2.75, 3.05) is 18.5 Å². The minimum atomic E-state index is -4.96. The molecule has 0 aliphatic carbocycles. The SMILES string of the molecule is CC(C)Oc1cc(OCCO)nc(-n2c(=O)c(NC(=O)c3ccc(OC(F)(F)F)cc3)c(-c3c(F)cc(Cl)cc3F)n2C)c1. The predicted octanol–water partition coefficient (Wildman–Crippen LogP) is 5.48. The van der Waals surface area contributed by atoms with Crippen LogP contribution in [0.15, 0.2) is 53.3 Å². The van der Waals surface area contributed by atoms with Crippen molar-refractivity contribution in [2.24, 2.45) is 7.05 Å². The molecule has 0 aliphatic rings. The van der Waals surface area contributed by atoms with Gasteiger partial charge in [0.25, 0.3) is 11.5 Å². The van der Waals surface area contributed by atoms with Gasteiger partial charge in [-0.1, -0.05) is 11.6 Å². The number of hydrogen-bond acceptors (Lipinski definition) is 7. The second-order valence-electron chi connectivity index (χ2n) is 9.37. The lowest BCUT2D eigenvalue weighted by atomic mass is 10.1. The van der Waals surface area contributed by atoms with Gasteiger partial charge in [0.15, 0.2) is 5.82 Å². The van der Waals surface area contributed by atoms with E-state index in [4.69, 9.17) is 21.1 Å². The van der Waals surface area contributed by atoms with Gasteiger partial charge in [0.2, 0.25) is 5.88 Å². The minimum Gasteiger partial charge on any atom is -0.491 e. The van der Waals surface area contributed by atoms with Crippen LogP contribution < -0.4 is 25.1 Å². The molecule has 0 bridgehead atoms. The second-order valence-corrected chi connectivity index (χ2v) is 9.81. The summed E-state index contributed by atoms with van der Waals surface area (Å²) in [5.74, 6) is -3.93. The zero-order valence-corrected chi connectivity index (χ0v) is 24.0. The molecule has 4 rings (SSSR count). The highest BCUT2D eigenvalue weighted by Gasteiger charge is 2.31. The van der Waals surface area contributed by atoms with Crippen molar-refractivity contribution in [3.05, 3.63) is 81.1 Å². The lowest BCUT2D eigenvalue weighted by Gasteiger charge is -2.15. The third-order valence-electron chi connectivity index (χ3n) is 5.79. The molecule has 0 spiro atoms. The molecule has 0 atom stereocenters. The van der Waals surface area contributed by atoms with Gasteiger partial charge in [-0.3, -0.25) is 14.3 Å². The first-order valence-electron chi connectivity index (χ1n) is 12.7. The molecule has 2 heterocycles. The molecule has 2 aromatic heterocycles. The summed E-state index contributed by atoms with van der Waals surface area (Å²) in [5, 5.41) is 11.2. The standard InChI is InChI=1S/C28H24ClF5N4O6/c1-14(2)43-18-12-21(35-22(13-18)42-9-8-39)38-27(41)24(25(37(38)3)23-19(30)10-16(29)11-20(23)31)36-26(40)15-4-6-17(7-5-15)44-28(32,33)34/h4-7,10-14,39H,8-9H2,1-3H3,(H,36,40). The van der Waals surface area contributed by atoms with Crippen LogP contribution in [0.1, 0.15) is 24.2 Å². The molecule has 0 radical (unpaired) electrons. The first kappa shape index (κ1) is 32.3. The van der Waals surface area contributed by atoms with E-state index >= 15 is 8.78 Å². The van der Waals surface area contributed by atoms with Crippen LogP contribution in [0.2, 0.25) is 5.02 Å². The Morgan fingerprint density at radius 1 is 1.07 bits per heavy atom. The van der Waals surface area contributed by atoms with Crippen molar-refractivity contribution in [3.63, 3.8) is 0 Å². The maximum atomic E-state index is 15.2. The number of aliphatic hydroxyl groups excluding tert-OH is 1. The Bertz CT molecular complexity index is 1720. The van der Waals surface area contributed by atoms with E-state index in [1.807, 2.05) is 0 Å². The molecule has 44 heavy (non-hydrogen) atoms. The molecule has 2 N–H and O–H groups in total. The number of benzene rings is 2. The van der Waals surface area contributed by atoms with E-state index in [1.165, 1.54) is 19.2 Å². The van der Waals surface area contributed by atoms with Crippen molar-refractivity contribution in [2.45, 2.75) is 26.3 Å². The summed E-state index contributed by atoms with van der Waals surface area (Å²) < 4.78 is 84.9. The molecular weight excluding hydrogens is 619 g/mol. The van der Waals surface area contributed by atoms with Crippen molar-refractivity contribution >= 4 is 23.2 Å². The summed E-state index contributed by atoms with van der Waals surface area (Å²) in [5.41, 5.74) is -2.94. The van der Waals surface area contributed by atoms with Crippen LogP contribution in [0.4, 0.5) is 27.6 Å². The highest BCUT2D eigenvalue weighted by molar-refractivity contribution is 6.30. The number of hydrogen-bond donors (Lipinski definition) is 2. The molecular formula is C28H24ClF5N4O6. The number of carbonyl (C=O) groups is 1. The van der Waals surface area contributed by atoms with Gasteiger partial charge in [0, 0.05) is 29.8 Å². The summed E-state index contributed by atoms with van der Waals surface area (Å²) in [7, 11) is 1.27. The molecule has 0 fully saturated rings. The molecule has 2 aromatic carbocycles. The van der Waals surface area contributed by atoms with Crippen molar-refractivity contribution in [1.29, 1.82) is 0 Å². The molecule has 0 unspecified atom stereocenters. The summed E-state index contributed by atoms with van der Waals surface area (Å²) in [4.78, 5) is 31.3. The summed E-state index contributed by atoms with van der Waals surface area (Å²) in [6.45, 7) is 2.97. The normalized spacial score (nSPS) is 11.5. The average molecular weight is 643 g/mol. The topological polar surface area (TPSA) is 117 Å². The number of nitrogens with zero attached hydrogens (tertiary/aromatic N) is 3. The smallest absolute Gasteiger partial charge is 0.491 e. The highest BCUT2D eigenvalue weighted by atomic mass is 35.5. The van der Waals surface area contributed by atoms with Crippen LogP contribution in [-0.2, 0) is 7.05 Å². The van der Waals surface area contributed by atoms with Gasteiger partial charge >= 0.3 is 6.36 Å². The molecule has 0 saturated heterocycles. The molecule has 10 nitrogen and oxygen atoms in total. The van der Waals surface area contributed by atoms with Gasteiger partial charge in [-0.15, -0.1) is 13.2 Å². The Morgan fingerprint density at radius 2 is 1.70 bits per heavy atom. The van der Waals surface area contributed by atoms with Crippen LogP contribution in [-0.4, -0.2) is 51.0 Å². The fraction of sp³-hybridized carbons (Fsp3) is 0.250. The van der Waals surface area contributed by atoms with Crippen LogP contribution in [0, 0.1) is 11.6 Å². The summed E-state index contributed by atoms with van der Waals surface area (Å²) >= 11 is 5.80. The van der Waals surface area contributed by atoms with E-state index < -0.39 is 52.2 Å². The molecule has 1 amide bonds. The minimum absolute atomic E-state index is 0.0579. The molecule has 4 aromatic rings. The average Bonchev–Trinajstić information content (AvgIpc) is 3.14. The summed E-state index contributed by atoms with van der Waals surface area (Å²) in [6, 6.07) is 8.12. The van der Waals surface area contributed by atoms with Gasteiger partial charge in [0.1, 0.15) is 41.1 Å². The Kier molecular flexibility index (Phi) is 9.49. The molecule has 16 heteroatoms. The van der Waals surface area contributed by atoms with Crippen molar-refractivity contribution in [1.82, 2.24) is 14.3 Å². The van der Waals surface area contributed by atoms with E-state index in [1.54, 1.807) is 13.8 Å². The fourth-order valence-electron chi connectivity index (χ4n) is 4.17. The number of pyridine rings is 1. The number of nitrogens with one attached hydrogen (secondary N) is 1. The fourth-order valence-corrected chi connectivity index (χ4v) is 4.36. The largest absolute Gasteiger partial charge is 0.573 e. The maximum absolute atomic E-state index is 15.2. The van der Waals surface area contributed by atoms with Crippen molar-refractivity contribution < 1.29 is 46.1 Å². The number of alkyl halides is 3. The number of ether oxygens (including phenoxy) is 3. The maximum Gasteiger partial charge on any atom is 0.573 e. The lowest BCUT2D eigenvalue weighted by Crippen LogP contribution is -2.24. The monoisotopic (exact) mass is 642 g/mol. The second kappa shape index (κ2) is 12.9. The highest BCUT2D eigenvalue weighted by Crippen LogP contribution is 2.34. The van der Waals surface area contributed by atoms with Gasteiger partial charge in [-0.05, 0) is 50.2 Å². The van der Waals surface area contributed by atoms with Gasteiger partial charge in [-0.2, -0.15) is 9.67 Å². The first-order valence-corrected chi connectivity index (χ1v) is 13.1. The predicted molar refractivity (Wildman–Crippen MR) is 149 cm³/mol. The van der Waals surface area contributed by atoms with Gasteiger partial charge in [-0.25, -0.2) is 8.78 Å². The van der Waals surface area contributed by atoms with Crippen LogP contribution in [0.25, 0.3) is 17.1 Å².